The number of amides is 1. The van der Waals surface area contributed by atoms with E-state index in [0.29, 0.717) is 32.5 Å². The van der Waals surface area contributed by atoms with E-state index in [-0.39, 0.29) is 18.2 Å². The van der Waals surface area contributed by atoms with Crippen molar-refractivity contribution in [2.75, 3.05) is 25.0 Å². The Kier molecular flexibility index (Phi) is 5.42. The van der Waals surface area contributed by atoms with Crippen molar-refractivity contribution in [1.82, 2.24) is 4.90 Å². The molecule has 1 aromatic carbocycles. The first-order valence-corrected chi connectivity index (χ1v) is 7.23. The molecule has 7 heteroatoms. The van der Waals surface area contributed by atoms with Crippen molar-refractivity contribution in [2.24, 2.45) is 0 Å². The minimum atomic E-state index is -4.49. The summed E-state index contributed by atoms with van der Waals surface area (Å²) >= 11 is 0. The number of carbonyl (C=O) groups is 1. The van der Waals surface area contributed by atoms with Crippen LogP contribution in [0.25, 0.3) is 0 Å². The number of para-hydroxylation sites is 1. The summed E-state index contributed by atoms with van der Waals surface area (Å²) in [6, 6.07) is 4.94. The van der Waals surface area contributed by atoms with E-state index >= 15 is 0 Å². The van der Waals surface area contributed by atoms with Gasteiger partial charge in [-0.3, -0.25) is 4.79 Å². The number of hydrogen-bond donors (Lipinski definition) is 2. The monoisotopic (exact) mass is 316 g/mol. The van der Waals surface area contributed by atoms with Gasteiger partial charge >= 0.3 is 6.18 Å². The second-order valence-electron chi connectivity index (χ2n) is 5.41. The van der Waals surface area contributed by atoms with E-state index in [1.54, 1.807) is 0 Å². The molecule has 122 valence electrons. The second-order valence-corrected chi connectivity index (χ2v) is 5.41. The van der Waals surface area contributed by atoms with Crippen LogP contribution in [0.3, 0.4) is 0 Å². The number of anilines is 1. The molecule has 1 aliphatic heterocycles. The van der Waals surface area contributed by atoms with Crippen LogP contribution in [0, 0.1) is 0 Å². The number of nitrogens with zero attached hydrogens (tertiary/aromatic N) is 1. The van der Waals surface area contributed by atoms with Gasteiger partial charge in [0.05, 0.1) is 17.4 Å². The average molecular weight is 316 g/mol. The lowest BCUT2D eigenvalue weighted by Crippen LogP contribution is -2.37. The molecule has 1 aliphatic rings. The minimum Gasteiger partial charge on any atom is -0.393 e. The third-order valence-electron chi connectivity index (χ3n) is 3.72. The van der Waals surface area contributed by atoms with Gasteiger partial charge in [0.1, 0.15) is 0 Å². The average Bonchev–Trinajstić information content (AvgIpc) is 2.46. The molecule has 0 radical (unpaired) electrons. The molecule has 0 bridgehead atoms. The van der Waals surface area contributed by atoms with Crippen LogP contribution in [-0.2, 0) is 11.0 Å². The molecule has 1 amide bonds. The maximum absolute atomic E-state index is 12.8. The van der Waals surface area contributed by atoms with Crippen LogP contribution in [0.1, 0.15) is 24.8 Å². The SMILES string of the molecule is O=C(CCN1CCC(O)CC1)Nc1ccccc1C(F)(F)F. The van der Waals surface area contributed by atoms with Gasteiger partial charge in [-0.2, -0.15) is 13.2 Å². The largest absolute Gasteiger partial charge is 0.418 e. The first-order chi connectivity index (χ1) is 10.4. The fraction of sp³-hybridized carbons (Fsp3) is 0.533. The molecule has 0 unspecified atom stereocenters. The summed E-state index contributed by atoms with van der Waals surface area (Å²) in [4.78, 5) is 13.9. The highest BCUT2D eigenvalue weighted by Crippen LogP contribution is 2.34. The number of alkyl halides is 3. The van der Waals surface area contributed by atoms with Crippen LogP contribution in [0.5, 0.6) is 0 Å². The van der Waals surface area contributed by atoms with E-state index in [0.717, 1.165) is 6.07 Å². The molecular formula is C15H19F3N2O2. The molecule has 0 spiro atoms. The van der Waals surface area contributed by atoms with Gasteiger partial charge in [-0.25, -0.2) is 0 Å². The minimum absolute atomic E-state index is 0.127. The van der Waals surface area contributed by atoms with Crippen LogP contribution in [0.2, 0.25) is 0 Å². The molecule has 0 saturated carbocycles. The van der Waals surface area contributed by atoms with Crippen molar-refractivity contribution in [1.29, 1.82) is 0 Å². The van der Waals surface area contributed by atoms with Crippen molar-refractivity contribution in [3.05, 3.63) is 29.8 Å². The predicted octanol–water partition coefficient (Wildman–Crippen LogP) is 2.49. The Hall–Kier alpha value is -1.60. The summed E-state index contributed by atoms with van der Waals surface area (Å²) in [7, 11) is 0. The van der Waals surface area contributed by atoms with Crippen molar-refractivity contribution >= 4 is 11.6 Å². The normalized spacial score (nSPS) is 17.5. The number of piperidine rings is 1. The third kappa shape index (κ3) is 4.71. The number of hydrogen-bond acceptors (Lipinski definition) is 3. The van der Waals surface area contributed by atoms with E-state index in [1.165, 1.54) is 18.2 Å². The van der Waals surface area contributed by atoms with Crippen molar-refractivity contribution in [3.63, 3.8) is 0 Å². The maximum Gasteiger partial charge on any atom is 0.418 e. The highest BCUT2D eigenvalue weighted by atomic mass is 19.4. The maximum atomic E-state index is 12.8. The van der Waals surface area contributed by atoms with Crippen molar-refractivity contribution < 1.29 is 23.1 Å². The predicted molar refractivity (Wildman–Crippen MR) is 76.4 cm³/mol. The van der Waals surface area contributed by atoms with Gasteiger partial charge in [0.2, 0.25) is 5.91 Å². The molecule has 1 heterocycles. The zero-order valence-electron chi connectivity index (χ0n) is 12.1. The standard InChI is InChI=1S/C15H19F3N2O2/c16-15(17,18)12-3-1-2-4-13(12)19-14(22)7-10-20-8-5-11(21)6-9-20/h1-4,11,21H,5-10H2,(H,19,22). The Morgan fingerprint density at radius 1 is 1.27 bits per heavy atom. The van der Waals surface area contributed by atoms with Gasteiger partial charge < -0.3 is 15.3 Å². The molecular weight excluding hydrogens is 297 g/mol. The molecule has 1 fully saturated rings. The Morgan fingerprint density at radius 3 is 2.55 bits per heavy atom. The van der Waals surface area contributed by atoms with Crippen LogP contribution >= 0.6 is 0 Å². The van der Waals surface area contributed by atoms with Crippen LogP contribution in [0.15, 0.2) is 24.3 Å². The number of rotatable bonds is 4. The van der Waals surface area contributed by atoms with Gasteiger partial charge in [0, 0.05) is 26.1 Å². The molecule has 0 aliphatic carbocycles. The molecule has 2 N–H and O–H groups in total. The first kappa shape index (κ1) is 16.8. The summed E-state index contributed by atoms with van der Waals surface area (Å²) in [5.74, 6) is -0.442. The summed E-state index contributed by atoms with van der Waals surface area (Å²) in [6.07, 6.45) is -3.32. The number of aliphatic hydroxyl groups excluding tert-OH is 1. The fourth-order valence-corrected chi connectivity index (χ4v) is 2.45. The van der Waals surface area contributed by atoms with Crippen molar-refractivity contribution in [2.45, 2.75) is 31.5 Å². The molecule has 0 aromatic heterocycles. The molecule has 1 saturated heterocycles. The number of benzene rings is 1. The fourth-order valence-electron chi connectivity index (χ4n) is 2.45. The van der Waals surface area contributed by atoms with Crippen molar-refractivity contribution in [3.8, 4) is 0 Å². The van der Waals surface area contributed by atoms with Gasteiger partial charge in [0.25, 0.3) is 0 Å². The highest BCUT2D eigenvalue weighted by Gasteiger charge is 2.33. The second kappa shape index (κ2) is 7.11. The number of nitrogens with one attached hydrogen (secondary N) is 1. The summed E-state index contributed by atoms with van der Waals surface area (Å²) in [6.45, 7) is 1.88. The lowest BCUT2D eigenvalue weighted by atomic mass is 10.1. The summed E-state index contributed by atoms with van der Waals surface area (Å²) in [5, 5.41) is 11.7. The van der Waals surface area contributed by atoms with E-state index < -0.39 is 17.6 Å². The number of aliphatic hydroxyl groups is 1. The number of carbonyl (C=O) groups excluding carboxylic acids is 1. The topological polar surface area (TPSA) is 52.6 Å². The number of halogens is 3. The molecule has 22 heavy (non-hydrogen) atoms. The van der Waals surface area contributed by atoms with Gasteiger partial charge in [-0.05, 0) is 25.0 Å². The van der Waals surface area contributed by atoms with Gasteiger partial charge in [-0.15, -0.1) is 0 Å². The Bertz CT molecular complexity index is 512. The van der Waals surface area contributed by atoms with Gasteiger partial charge in [-0.1, -0.05) is 12.1 Å². The van der Waals surface area contributed by atoms with E-state index in [9.17, 15) is 23.1 Å². The Labute approximate surface area is 126 Å². The van der Waals surface area contributed by atoms with E-state index in [1.807, 2.05) is 4.90 Å². The molecule has 1 aromatic rings. The molecule has 4 nitrogen and oxygen atoms in total. The lowest BCUT2D eigenvalue weighted by Gasteiger charge is -2.29. The zero-order chi connectivity index (χ0) is 16.2. The lowest BCUT2D eigenvalue weighted by molar-refractivity contribution is -0.137. The van der Waals surface area contributed by atoms with Gasteiger partial charge in [0.15, 0.2) is 0 Å². The van der Waals surface area contributed by atoms with E-state index in [2.05, 4.69) is 5.32 Å². The first-order valence-electron chi connectivity index (χ1n) is 7.23. The summed E-state index contributed by atoms with van der Waals surface area (Å²) < 4.78 is 38.5. The van der Waals surface area contributed by atoms with E-state index in [4.69, 9.17) is 0 Å². The Balaban J connectivity index is 1.87. The Morgan fingerprint density at radius 2 is 1.91 bits per heavy atom. The number of likely N-dealkylation sites (tertiary alicyclic amines) is 1. The molecule has 2 rings (SSSR count). The smallest absolute Gasteiger partial charge is 0.393 e. The van der Waals surface area contributed by atoms with Crippen LogP contribution in [0.4, 0.5) is 18.9 Å². The zero-order valence-corrected chi connectivity index (χ0v) is 12.1. The summed E-state index contributed by atoms with van der Waals surface area (Å²) in [5.41, 5.74) is -1.06. The molecule has 0 atom stereocenters. The highest BCUT2D eigenvalue weighted by molar-refractivity contribution is 5.91. The third-order valence-corrected chi connectivity index (χ3v) is 3.72. The quantitative estimate of drug-likeness (QED) is 0.897. The van der Waals surface area contributed by atoms with Crippen LogP contribution < -0.4 is 5.32 Å². The van der Waals surface area contributed by atoms with Crippen LogP contribution in [-0.4, -0.2) is 41.7 Å².